The molecule has 0 unspecified atom stereocenters. The van der Waals surface area contributed by atoms with E-state index in [4.69, 9.17) is 0 Å². The number of alkyl halides is 3. The molecule has 120 valence electrons. The van der Waals surface area contributed by atoms with Gasteiger partial charge in [0.15, 0.2) is 5.03 Å². The van der Waals surface area contributed by atoms with Crippen molar-refractivity contribution in [1.82, 2.24) is 14.6 Å². The summed E-state index contributed by atoms with van der Waals surface area (Å²) in [6, 6.07) is 1.91. The number of hydrogen-bond donors (Lipinski definition) is 1. The van der Waals surface area contributed by atoms with Gasteiger partial charge in [-0.05, 0) is 32.5 Å². The quantitative estimate of drug-likeness (QED) is 0.866. The molecule has 0 aliphatic rings. The van der Waals surface area contributed by atoms with Gasteiger partial charge in [-0.15, -0.1) is 0 Å². The fraction of sp³-hybridized carbons (Fsp3) is 0.583. The van der Waals surface area contributed by atoms with Crippen molar-refractivity contribution in [3.05, 3.63) is 23.9 Å². The van der Waals surface area contributed by atoms with E-state index in [2.05, 4.69) is 10.3 Å². The van der Waals surface area contributed by atoms with Crippen LogP contribution in [0.5, 0.6) is 0 Å². The van der Waals surface area contributed by atoms with Crippen LogP contribution in [0, 0.1) is 0 Å². The molecule has 0 saturated heterocycles. The first-order valence-corrected chi connectivity index (χ1v) is 7.70. The highest BCUT2D eigenvalue weighted by molar-refractivity contribution is 7.89. The topological polar surface area (TPSA) is 62.3 Å². The molecule has 0 aliphatic carbocycles. The third kappa shape index (κ3) is 4.94. The number of nitrogens with zero attached hydrogens (tertiary/aromatic N) is 2. The summed E-state index contributed by atoms with van der Waals surface area (Å²) < 4.78 is 62.6. The van der Waals surface area contributed by atoms with E-state index in [1.54, 1.807) is 7.05 Å². The third-order valence-corrected chi connectivity index (χ3v) is 4.60. The maximum Gasteiger partial charge on any atom is 0.402 e. The van der Waals surface area contributed by atoms with Crippen molar-refractivity contribution >= 4 is 10.0 Å². The Morgan fingerprint density at radius 3 is 2.33 bits per heavy atom. The zero-order valence-corrected chi connectivity index (χ0v) is 12.8. The summed E-state index contributed by atoms with van der Waals surface area (Å²) in [5, 5.41) is 2.48. The van der Waals surface area contributed by atoms with Crippen molar-refractivity contribution in [2.75, 3.05) is 13.6 Å². The molecule has 0 fully saturated rings. The zero-order chi connectivity index (χ0) is 16.3. The van der Waals surface area contributed by atoms with E-state index < -0.39 is 28.8 Å². The molecule has 0 radical (unpaired) electrons. The monoisotopic (exact) mass is 325 g/mol. The summed E-state index contributed by atoms with van der Waals surface area (Å²) in [5.74, 6) is 0. The molecule has 1 rings (SSSR count). The van der Waals surface area contributed by atoms with Gasteiger partial charge in [0, 0.05) is 18.8 Å². The Kier molecular flexibility index (Phi) is 5.71. The highest BCUT2D eigenvalue weighted by Crippen LogP contribution is 2.23. The number of pyridine rings is 1. The number of sulfonamides is 1. The molecule has 1 N–H and O–H groups in total. The average Bonchev–Trinajstić information content (AvgIpc) is 2.35. The summed E-state index contributed by atoms with van der Waals surface area (Å²) in [5.41, 5.74) is 0.739. The van der Waals surface area contributed by atoms with E-state index in [0.29, 0.717) is 10.8 Å². The lowest BCUT2D eigenvalue weighted by atomic mass is 10.3. The highest BCUT2D eigenvalue weighted by Gasteiger charge is 2.38. The molecule has 0 atom stereocenters. The van der Waals surface area contributed by atoms with Gasteiger partial charge in [-0.25, -0.2) is 13.4 Å². The Hall–Kier alpha value is -1.19. The Morgan fingerprint density at radius 2 is 1.95 bits per heavy atom. The van der Waals surface area contributed by atoms with Crippen LogP contribution in [0.2, 0.25) is 0 Å². The van der Waals surface area contributed by atoms with Gasteiger partial charge in [-0.2, -0.15) is 17.5 Å². The molecule has 0 aromatic carbocycles. The van der Waals surface area contributed by atoms with Gasteiger partial charge in [-0.1, -0.05) is 6.07 Å². The summed E-state index contributed by atoms with van der Waals surface area (Å²) in [6.45, 7) is 1.73. The van der Waals surface area contributed by atoms with Crippen LogP contribution in [0.25, 0.3) is 0 Å². The van der Waals surface area contributed by atoms with Gasteiger partial charge in [0.1, 0.15) is 6.54 Å². The second-order valence-corrected chi connectivity index (χ2v) is 6.63. The van der Waals surface area contributed by atoms with Crippen molar-refractivity contribution in [1.29, 1.82) is 0 Å². The van der Waals surface area contributed by atoms with Crippen LogP contribution >= 0.6 is 0 Å². The third-order valence-electron chi connectivity index (χ3n) is 2.66. The van der Waals surface area contributed by atoms with Crippen LogP contribution in [0.15, 0.2) is 23.4 Å². The molecule has 0 saturated carbocycles. The number of rotatable bonds is 6. The van der Waals surface area contributed by atoms with Crippen molar-refractivity contribution < 1.29 is 21.6 Å². The SMILES string of the molecule is CNCc1ccc(S(=O)(=O)N(CC(F)(F)F)C(C)C)nc1. The second-order valence-electron chi connectivity index (χ2n) is 4.79. The predicted octanol–water partition coefficient (Wildman–Crippen LogP) is 1.76. The maximum atomic E-state index is 12.5. The van der Waals surface area contributed by atoms with Crippen LogP contribution < -0.4 is 5.32 Å². The summed E-state index contributed by atoms with van der Waals surface area (Å²) >= 11 is 0. The van der Waals surface area contributed by atoms with Crippen LogP contribution in [-0.4, -0.2) is 43.5 Å². The summed E-state index contributed by atoms with van der Waals surface area (Å²) in [6.07, 6.45) is -3.28. The predicted molar refractivity (Wildman–Crippen MR) is 72.1 cm³/mol. The number of aromatic nitrogens is 1. The summed E-state index contributed by atoms with van der Waals surface area (Å²) in [7, 11) is -2.57. The van der Waals surface area contributed by atoms with Crippen molar-refractivity contribution in [3.63, 3.8) is 0 Å². The van der Waals surface area contributed by atoms with E-state index in [-0.39, 0.29) is 5.03 Å². The van der Waals surface area contributed by atoms with Crippen molar-refractivity contribution in [2.24, 2.45) is 0 Å². The molecule has 0 spiro atoms. The number of hydrogen-bond acceptors (Lipinski definition) is 4. The Labute approximate surface area is 122 Å². The van der Waals surface area contributed by atoms with Gasteiger partial charge in [-0.3, -0.25) is 0 Å². The van der Waals surface area contributed by atoms with Crippen LogP contribution in [0.3, 0.4) is 0 Å². The number of nitrogens with one attached hydrogen (secondary N) is 1. The van der Waals surface area contributed by atoms with E-state index in [1.807, 2.05) is 0 Å². The van der Waals surface area contributed by atoms with Crippen molar-refractivity contribution in [2.45, 2.75) is 37.6 Å². The molecule has 0 amide bonds. The van der Waals surface area contributed by atoms with Gasteiger partial charge in [0.05, 0.1) is 0 Å². The molecule has 5 nitrogen and oxygen atoms in total. The fourth-order valence-corrected chi connectivity index (χ4v) is 3.25. The largest absolute Gasteiger partial charge is 0.402 e. The Balaban J connectivity index is 3.11. The first kappa shape index (κ1) is 17.9. The van der Waals surface area contributed by atoms with E-state index >= 15 is 0 Å². The van der Waals surface area contributed by atoms with E-state index in [0.717, 1.165) is 5.56 Å². The van der Waals surface area contributed by atoms with Crippen molar-refractivity contribution in [3.8, 4) is 0 Å². The summed E-state index contributed by atoms with van der Waals surface area (Å²) in [4.78, 5) is 3.77. The standard InChI is InChI=1S/C12H18F3N3O2S/c1-9(2)18(8-12(13,14)15)21(19,20)11-5-4-10(6-16-3)7-17-11/h4-5,7,9,16H,6,8H2,1-3H3. The lowest BCUT2D eigenvalue weighted by Gasteiger charge is -2.26. The minimum Gasteiger partial charge on any atom is -0.316 e. The molecule has 1 aromatic rings. The second kappa shape index (κ2) is 6.71. The molecule has 1 aromatic heterocycles. The minimum atomic E-state index is -4.61. The molecule has 0 bridgehead atoms. The fourth-order valence-electron chi connectivity index (χ4n) is 1.71. The molecule has 0 aliphatic heterocycles. The Morgan fingerprint density at radius 1 is 1.33 bits per heavy atom. The lowest BCUT2D eigenvalue weighted by Crippen LogP contribution is -2.43. The van der Waals surface area contributed by atoms with Crippen LogP contribution in [0.1, 0.15) is 19.4 Å². The first-order valence-electron chi connectivity index (χ1n) is 6.26. The first-order chi connectivity index (χ1) is 9.58. The van der Waals surface area contributed by atoms with Crippen LogP contribution in [-0.2, 0) is 16.6 Å². The minimum absolute atomic E-state index is 0.389. The maximum absolute atomic E-state index is 12.5. The van der Waals surface area contributed by atoms with Gasteiger partial charge in [0.2, 0.25) is 0 Å². The smallest absolute Gasteiger partial charge is 0.316 e. The lowest BCUT2D eigenvalue weighted by molar-refractivity contribution is -0.138. The van der Waals surface area contributed by atoms with E-state index in [9.17, 15) is 21.6 Å². The van der Waals surface area contributed by atoms with Crippen LogP contribution in [0.4, 0.5) is 13.2 Å². The zero-order valence-electron chi connectivity index (χ0n) is 12.0. The van der Waals surface area contributed by atoms with E-state index in [1.165, 1.54) is 32.2 Å². The normalized spacial score (nSPS) is 13.1. The molecule has 1 heterocycles. The molecule has 21 heavy (non-hydrogen) atoms. The number of halogens is 3. The van der Waals surface area contributed by atoms with Gasteiger partial charge in [0.25, 0.3) is 10.0 Å². The van der Waals surface area contributed by atoms with Gasteiger partial charge < -0.3 is 5.32 Å². The molecule has 9 heteroatoms. The molecular weight excluding hydrogens is 307 g/mol. The van der Waals surface area contributed by atoms with Gasteiger partial charge >= 0.3 is 6.18 Å². The molecular formula is C12H18F3N3O2S. The Bertz CT molecular complexity index is 556. The average molecular weight is 325 g/mol. The highest BCUT2D eigenvalue weighted by atomic mass is 32.2.